The molecule has 0 aliphatic carbocycles. The summed E-state index contributed by atoms with van der Waals surface area (Å²) in [6.07, 6.45) is -4.28. The Bertz CT molecular complexity index is 390. The fourth-order valence-electron chi connectivity index (χ4n) is 1.11. The van der Waals surface area contributed by atoms with Crippen LogP contribution in [0.2, 0.25) is 0 Å². The van der Waals surface area contributed by atoms with Crippen molar-refractivity contribution in [3.05, 3.63) is 12.2 Å². The second-order valence-electron chi connectivity index (χ2n) is 3.36. The fourth-order valence-corrected chi connectivity index (χ4v) is 1.11. The number of rotatable bonds is 3. The molecule has 1 heterocycles. The van der Waals surface area contributed by atoms with Gasteiger partial charge in [-0.2, -0.15) is 13.2 Å². The van der Waals surface area contributed by atoms with E-state index >= 15 is 0 Å². The summed E-state index contributed by atoms with van der Waals surface area (Å²) in [6.45, 7) is -0.0662. The van der Waals surface area contributed by atoms with Crippen LogP contribution in [0, 0.1) is 0 Å². The van der Waals surface area contributed by atoms with E-state index in [0.717, 1.165) is 0 Å². The number of nitrogens with zero attached hydrogens (tertiary/aromatic N) is 3. The largest absolute Gasteiger partial charge is 0.440 e. The van der Waals surface area contributed by atoms with Crippen LogP contribution >= 0.6 is 0 Å². The van der Waals surface area contributed by atoms with Crippen LogP contribution < -0.4 is 5.32 Å². The van der Waals surface area contributed by atoms with E-state index in [0.29, 0.717) is 5.82 Å². The lowest BCUT2D eigenvalue weighted by molar-refractivity contribution is -0.160. The average Bonchev–Trinajstić information content (AvgIpc) is 2.60. The lowest BCUT2D eigenvalue weighted by Gasteiger charge is -2.13. The van der Waals surface area contributed by atoms with Crippen LogP contribution in [0.1, 0.15) is 18.8 Å². The summed E-state index contributed by atoms with van der Waals surface area (Å²) in [7, 11) is 1.65. The molecule has 96 valence electrons. The second-order valence-corrected chi connectivity index (χ2v) is 3.36. The van der Waals surface area contributed by atoms with Crippen molar-refractivity contribution in [2.75, 3.05) is 6.61 Å². The summed E-state index contributed by atoms with van der Waals surface area (Å²) >= 11 is 0. The minimum absolute atomic E-state index is 0.411. The molecule has 1 aromatic heterocycles. The molecule has 0 aromatic carbocycles. The van der Waals surface area contributed by atoms with Gasteiger partial charge in [-0.3, -0.25) is 0 Å². The Labute approximate surface area is 94.8 Å². The summed E-state index contributed by atoms with van der Waals surface area (Å²) in [5.74, 6) is 0.411. The predicted molar refractivity (Wildman–Crippen MR) is 50.0 cm³/mol. The highest BCUT2D eigenvalue weighted by Crippen LogP contribution is 2.15. The molecule has 0 aliphatic heterocycles. The Morgan fingerprint density at radius 3 is 2.76 bits per heavy atom. The maximum absolute atomic E-state index is 11.8. The van der Waals surface area contributed by atoms with Gasteiger partial charge in [-0.25, -0.2) is 4.79 Å². The van der Waals surface area contributed by atoms with Crippen molar-refractivity contribution >= 4 is 6.09 Å². The molecule has 1 amide bonds. The van der Waals surface area contributed by atoms with E-state index in [1.807, 2.05) is 0 Å². The van der Waals surface area contributed by atoms with Crippen molar-refractivity contribution in [3.8, 4) is 0 Å². The SMILES string of the molecule is C[C@@H](NC(=O)OCC(F)(F)F)c1nncn1C. The number of ether oxygens (including phenoxy) is 1. The normalized spacial score (nSPS) is 13.2. The van der Waals surface area contributed by atoms with Crippen LogP contribution in [0.25, 0.3) is 0 Å². The topological polar surface area (TPSA) is 69.0 Å². The maximum atomic E-state index is 11.8. The van der Waals surface area contributed by atoms with Crippen LogP contribution in [0.5, 0.6) is 0 Å². The van der Waals surface area contributed by atoms with Crippen molar-refractivity contribution in [1.29, 1.82) is 0 Å². The molecule has 0 spiro atoms. The van der Waals surface area contributed by atoms with Crippen molar-refractivity contribution in [2.24, 2.45) is 7.05 Å². The molecule has 1 rings (SSSR count). The number of hydrogen-bond acceptors (Lipinski definition) is 4. The van der Waals surface area contributed by atoms with Gasteiger partial charge in [-0.1, -0.05) is 0 Å². The molecular weight excluding hydrogens is 241 g/mol. The lowest BCUT2D eigenvalue weighted by atomic mass is 10.3. The molecule has 0 unspecified atom stereocenters. The quantitative estimate of drug-likeness (QED) is 0.876. The van der Waals surface area contributed by atoms with Crippen LogP contribution in [0.15, 0.2) is 6.33 Å². The summed E-state index contributed by atoms with van der Waals surface area (Å²) in [6, 6.07) is -0.594. The summed E-state index contributed by atoms with van der Waals surface area (Å²) in [5.41, 5.74) is 0. The zero-order valence-electron chi connectivity index (χ0n) is 9.15. The molecule has 0 saturated heterocycles. The summed E-state index contributed by atoms with van der Waals surface area (Å²) in [4.78, 5) is 11.0. The third-order valence-corrected chi connectivity index (χ3v) is 1.83. The number of alkyl carbamates (subject to hydrolysis) is 1. The lowest BCUT2D eigenvalue weighted by Crippen LogP contribution is -2.32. The van der Waals surface area contributed by atoms with Crippen molar-refractivity contribution in [2.45, 2.75) is 19.1 Å². The zero-order chi connectivity index (χ0) is 13.1. The average molecular weight is 252 g/mol. The second kappa shape index (κ2) is 5.02. The molecule has 0 radical (unpaired) electrons. The van der Waals surface area contributed by atoms with E-state index in [4.69, 9.17) is 0 Å². The van der Waals surface area contributed by atoms with Gasteiger partial charge in [0.1, 0.15) is 6.33 Å². The highest BCUT2D eigenvalue weighted by Gasteiger charge is 2.30. The predicted octanol–water partition coefficient (Wildman–Crippen LogP) is 1.16. The Balaban J connectivity index is 2.44. The Morgan fingerprint density at radius 2 is 2.29 bits per heavy atom. The van der Waals surface area contributed by atoms with Crippen molar-refractivity contribution in [1.82, 2.24) is 20.1 Å². The maximum Gasteiger partial charge on any atom is 0.422 e. The minimum Gasteiger partial charge on any atom is -0.440 e. The number of nitrogens with one attached hydrogen (secondary N) is 1. The van der Waals surface area contributed by atoms with Gasteiger partial charge in [0, 0.05) is 7.05 Å². The summed E-state index contributed by atoms with van der Waals surface area (Å²) < 4.78 is 40.8. The number of aryl methyl sites for hydroxylation is 1. The third-order valence-electron chi connectivity index (χ3n) is 1.83. The van der Waals surface area contributed by atoms with Gasteiger partial charge < -0.3 is 14.6 Å². The van der Waals surface area contributed by atoms with Gasteiger partial charge in [0.25, 0.3) is 0 Å². The molecule has 1 aromatic rings. The zero-order valence-corrected chi connectivity index (χ0v) is 9.15. The highest BCUT2D eigenvalue weighted by molar-refractivity contribution is 5.67. The Hall–Kier alpha value is -1.80. The first-order valence-electron chi connectivity index (χ1n) is 4.63. The Kier molecular flexibility index (Phi) is 3.92. The van der Waals surface area contributed by atoms with E-state index in [2.05, 4.69) is 20.3 Å². The molecule has 9 heteroatoms. The van der Waals surface area contributed by atoms with Gasteiger partial charge >= 0.3 is 12.3 Å². The molecule has 17 heavy (non-hydrogen) atoms. The molecule has 0 fully saturated rings. The molecule has 0 aliphatic rings. The van der Waals surface area contributed by atoms with Gasteiger partial charge in [0.15, 0.2) is 12.4 Å². The van der Waals surface area contributed by atoms with Gasteiger partial charge in [-0.15, -0.1) is 10.2 Å². The number of halogens is 3. The number of carbonyl (C=O) groups excluding carboxylic acids is 1. The first-order valence-corrected chi connectivity index (χ1v) is 4.63. The molecule has 1 N–H and O–H groups in total. The monoisotopic (exact) mass is 252 g/mol. The molecule has 1 atom stereocenters. The number of hydrogen-bond donors (Lipinski definition) is 1. The van der Waals surface area contributed by atoms with E-state index in [1.54, 1.807) is 14.0 Å². The first-order chi connectivity index (χ1) is 7.79. The first kappa shape index (κ1) is 13.3. The third kappa shape index (κ3) is 4.29. The molecular formula is C8H11F3N4O2. The number of aromatic nitrogens is 3. The minimum atomic E-state index is -4.54. The van der Waals surface area contributed by atoms with Gasteiger partial charge in [0.05, 0.1) is 6.04 Å². The van der Waals surface area contributed by atoms with Crippen molar-refractivity contribution in [3.63, 3.8) is 0 Å². The van der Waals surface area contributed by atoms with E-state index in [-0.39, 0.29) is 0 Å². The van der Waals surface area contributed by atoms with Crippen LogP contribution in [-0.4, -0.2) is 33.6 Å². The standard InChI is InChI=1S/C8H11F3N4O2/c1-5(6-14-12-4-15(6)2)13-7(16)17-3-8(9,10)11/h4-5H,3H2,1-2H3,(H,13,16)/t5-/m1/s1. The molecule has 0 bridgehead atoms. The highest BCUT2D eigenvalue weighted by atomic mass is 19.4. The summed E-state index contributed by atoms with van der Waals surface area (Å²) in [5, 5.41) is 9.49. The van der Waals surface area contributed by atoms with E-state index in [9.17, 15) is 18.0 Å². The van der Waals surface area contributed by atoms with E-state index in [1.165, 1.54) is 10.9 Å². The molecule has 0 saturated carbocycles. The number of alkyl halides is 3. The number of amides is 1. The molecule has 6 nitrogen and oxygen atoms in total. The smallest absolute Gasteiger partial charge is 0.422 e. The van der Waals surface area contributed by atoms with Gasteiger partial charge in [-0.05, 0) is 6.92 Å². The van der Waals surface area contributed by atoms with Crippen LogP contribution in [-0.2, 0) is 11.8 Å². The van der Waals surface area contributed by atoms with Crippen LogP contribution in [0.3, 0.4) is 0 Å². The number of carbonyl (C=O) groups is 1. The fraction of sp³-hybridized carbons (Fsp3) is 0.625. The van der Waals surface area contributed by atoms with Gasteiger partial charge in [0.2, 0.25) is 0 Å². The van der Waals surface area contributed by atoms with Crippen molar-refractivity contribution < 1.29 is 22.7 Å². The van der Waals surface area contributed by atoms with Crippen LogP contribution in [0.4, 0.5) is 18.0 Å². The Morgan fingerprint density at radius 1 is 1.65 bits per heavy atom. The van der Waals surface area contributed by atoms with E-state index < -0.39 is 24.9 Å².